The highest BCUT2D eigenvalue weighted by Crippen LogP contribution is 2.56. The summed E-state index contributed by atoms with van der Waals surface area (Å²) < 4.78 is 0. The predicted octanol–water partition coefficient (Wildman–Crippen LogP) is 3.73. The maximum atomic E-state index is 11.4. The first-order valence-corrected chi connectivity index (χ1v) is 9.34. The summed E-state index contributed by atoms with van der Waals surface area (Å²) in [6, 6.07) is 15.6. The maximum Gasteiger partial charge on any atom is 0.219 e. The molecule has 27 heavy (non-hydrogen) atoms. The van der Waals surface area contributed by atoms with Crippen molar-refractivity contribution in [3.8, 4) is 17.0 Å². The number of rotatable bonds is 2. The van der Waals surface area contributed by atoms with E-state index in [-0.39, 0.29) is 11.7 Å². The number of benzene rings is 2. The van der Waals surface area contributed by atoms with E-state index in [4.69, 9.17) is 0 Å². The van der Waals surface area contributed by atoms with Crippen LogP contribution >= 0.6 is 0 Å². The van der Waals surface area contributed by atoms with Gasteiger partial charge < -0.3 is 10.0 Å². The van der Waals surface area contributed by atoms with Crippen molar-refractivity contribution in [3.63, 3.8) is 0 Å². The number of carbonyl (C=O) groups is 1. The average Bonchev–Trinajstić information content (AvgIpc) is 2.59. The van der Waals surface area contributed by atoms with Gasteiger partial charge in [0.15, 0.2) is 0 Å². The van der Waals surface area contributed by atoms with E-state index in [1.54, 1.807) is 19.1 Å². The standard InChI is InChI=1S/C22H21N3O2/c1-14(26)25-12-22(13-25)10-17(11-22)15-6-7-16-9-20(24-23-19(16)8-15)18-4-2-3-5-21(18)27/h2-9,17,27H,10-13H2,1H3. The lowest BCUT2D eigenvalue weighted by molar-refractivity contribution is -0.148. The second-order valence-electron chi connectivity index (χ2n) is 8.05. The number of amides is 1. The lowest BCUT2D eigenvalue weighted by atomic mass is 9.56. The molecule has 1 aliphatic carbocycles. The van der Waals surface area contributed by atoms with E-state index in [9.17, 15) is 9.90 Å². The van der Waals surface area contributed by atoms with Crippen molar-refractivity contribution < 1.29 is 9.90 Å². The van der Waals surface area contributed by atoms with Crippen LogP contribution in [0, 0.1) is 5.41 Å². The van der Waals surface area contributed by atoms with Crippen molar-refractivity contribution in [2.45, 2.75) is 25.7 Å². The predicted molar refractivity (Wildman–Crippen MR) is 103 cm³/mol. The molecule has 1 amide bonds. The van der Waals surface area contributed by atoms with Crippen molar-refractivity contribution in [2.75, 3.05) is 13.1 Å². The Labute approximate surface area is 157 Å². The largest absolute Gasteiger partial charge is 0.507 e. The molecule has 1 saturated carbocycles. The van der Waals surface area contributed by atoms with E-state index in [0.29, 0.717) is 22.6 Å². The fourth-order valence-electron chi connectivity index (χ4n) is 4.59. The zero-order valence-corrected chi connectivity index (χ0v) is 15.2. The highest BCUT2D eigenvalue weighted by molar-refractivity contribution is 5.83. The number of carbonyl (C=O) groups excluding carboxylic acids is 1. The zero-order chi connectivity index (χ0) is 18.6. The van der Waals surface area contributed by atoms with Gasteiger partial charge in [-0.2, -0.15) is 0 Å². The van der Waals surface area contributed by atoms with Crippen LogP contribution in [0.3, 0.4) is 0 Å². The highest BCUT2D eigenvalue weighted by atomic mass is 16.3. The molecule has 1 N–H and O–H groups in total. The molecule has 2 aromatic carbocycles. The molecular weight excluding hydrogens is 338 g/mol. The minimum Gasteiger partial charge on any atom is -0.507 e. The van der Waals surface area contributed by atoms with Crippen molar-refractivity contribution >= 4 is 16.8 Å². The Morgan fingerprint density at radius 1 is 1.11 bits per heavy atom. The van der Waals surface area contributed by atoms with Gasteiger partial charge in [-0.05, 0) is 48.6 Å². The molecule has 1 saturated heterocycles. The summed E-state index contributed by atoms with van der Waals surface area (Å²) >= 11 is 0. The molecule has 3 aromatic rings. The number of fused-ring (bicyclic) bond motifs is 1. The molecular formula is C22H21N3O2. The van der Waals surface area contributed by atoms with Crippen LogP contribution in [-0.4, -0.2) is 39.2 Å². The SMILES string of the molecule is CC(=O)N1CC2(CC(c3ccc4cc(-c5ccccc5O)nnc4c3)C2)C1. The third-order valence-electron chi connectivity index (χ3n) is 6.12. The number of hydrogen-bond donors (Lipinski definition) is 1. The molecule has 0 atom stereocenters. The highest BCUT2D eigenvalue weighted by Gasteiger charge is 2.53. The molecule has 2 fully saturated rings. The fraction of sp³-hybridized carbons (Fsp3) is 0.318. The Morgan fingerprint density at radius 2 is 1.89 bits per heavy atom. The van der Waals surface area contributed by atoms with Gasteiger partial charge in [0.25, 0.3) is 0 Å². The smallest absolute Gasteiger partial charge is 0.219 e. The van der Waals surface area contributed by atoms with Crippen molar-refractivity contribution in [1.82, 2.24) is 15.1 Å². The van der Waals surface area contributed by atoms with Gasteiger partial charge in [-0.25, -0.2) is 0 Å². The molecule has 0 unspecified atom stereocenters. The van der Waals surface area contributed by atoms with E-state index in [1.165, 1.54) is 5.56 Å². The molecule has 0 radical (unpaired) electrons. The van der Waals surface area contributed by atoms with Crippen LogP contribution in [0.15, 0.2) is 48.5 Å². The van der Waals surface area contributed by atoms with E-state index in [0.717, 1.165) is 36.8 Å². The third kappa shape index (κ3) is 2.65. The van der Waals surface area contributed by atoms with Crippen LogP contribution in [-0.2, 0) is 4.79 Å². The Morgan fingerprint density at radius 3 is 2.63 bits per heavy atom. The van der Waals surface area contributed by atoms with E-state index >= 15 is 0 Å². The Bertz CT molecular complexity index is 1050. The number of phenolic OH excluding ortho intramolecular Hbond substituents is 1. The summed E-state index contributed by atoms with van der Waals surface area (Å²) in [4.78, 5) is 13.3. The number of aromatic hydroxyl groups is 1. The second-order valence-corrected chi connectivity index (χ2v) is 8.05. The summed E-state index contributed by atoms with van der Waals surface area (Å²) in [5, 5.41) is 19.8. The number of para-hydroxylation sites is 1. The molecule has 1 aromatic heterocycles. The molecule has 0 bridgehead atoms. The minimum atomic E-state index is 0.185. The fourth-order valence-corrected chi connectivity index (χ4v) is 4.59. The molecule has 1 aliphatic heterocycles. The number of likely N-dealkylation sites (tertiary alicyclic amines) is 1. The Balaban J connectivity index is 1.36. The molecule has 5 heteroatoms. The molecule has 5 nitrogen and oxygen atoms in total. The molecule has 136 valence electrons. The van der Waals surface area contributed by atoms with Gasteiger partial charge in [0.2, 0.25) is 5.91 Å². The first kappa shape index (κ1) is 16.2. The molecule has 2 aliphatic rings. The van der Waals surface area contributed by atoms with Crippen LogP contribution in [0.2, 0.25) is 0 Å². The topological polar surface area (TPSA) is 66.3 Å². The average molecular weight is 359 g/mol. The first-order valence-electron chi connectivity index (χ1n) is 9.34. The van der Waals surface area contributed by atoms with E-state index in [1.807, 2.05) is 23.1 Å². The van der Waals surface area contributed by atoms with E-state index in [2.05, 4.69) is 28.4 Å². The number of aromatic nitrogens is 2. The maximum absolute atomic E-state index is 11.4. The van der Waals surface area contributed by atoms with Crippen LogP contribution in [0.4, 0.5) is 0 Å². The summed E-state index contributed by atoms with van der Waals surface area (Å²) in [7, 11) is 0. The van der Waals surface area contributed by atoms with Gasteiger partial charge in [-0.3, -0.25) is 4.79 Å². The molecule has 2 heterocycles. The zero-order valence-electron chi connectivity index (χ0n) is 15.2. The minimum absolute atomic E-state index is 0.185. The van der Waals surface area contributed by atoms with Gasteiger partial charge in [0, 0.05) is 36.4 Å². The number of hydrogen-bond acceptors (Lipinski definition) is 4. The van der Waals surface area contributed by atoms with E-state index < -0.39 is 0 Å². The van der Waals surface area contributed by atoms with Gasteiger partial charge in [-0.1, -0.05) is 24.3 Å². The third-order valence-corrected chi connectivity index (χ3v) is 6.12. The van der Waals surface area contributed by atoms with Crippen LogP contribution in [0.25, 0.3) is 22.2 Å². The summed E-state index contributed by atoms with van der Waals surface area (Å²) in [5.41, 5.74) is 3.91. The van der Waals surface area contributed by atoms with Gasteiger partial charge in [0.1, 0.15) is 5.75 Å². The van der Waals surface area contributed by atoms with Gasteiger partial charge >= 0.3 is 0 Å². The number of nitrogens with zero attached hydrogens (tertiary/aromatic N) is 3. The van der Waals surface area contributed by atoms with Crippen LogP contribution in [0.1, 0.15) is 31.2 Å². The summed E-state index contributed by atoms with van der Waals surface area (Å²) in [6.45, 7) is 3.47. The normalized spacial score (nSPS) is 18.3. The monoisotopic (exact) mass is 359 g/mol. The van der Waals surface area contributed by atoms with Gasteiger partial charge in [0.05, 0.1) is 11.2 Å². The van der Waals surface area contributed by atoms with Crippen molar-refractivity contribution in [2.24, 2.45) is 5.41 Å². The van der Waals surface area contributed by atoms with Crippen molar-refractivity contribution in [1.29, 1.82) is 0 Å². The molecule has 5 rings (SSSR count). The summed E-state index contributed by atoms with van der Waals surface area (Å²) in [5.74, 6) is 0.941. The van der Waals surface area contributed by atoms with Crippen LogP contribution in [0.5, 0.6) is 5.75 Å². The molecule has 1 spiro atoms. The Kier molecular flexibility index (Phi) is 3.47. The number of phenols is 1. The van der Waals surface area contributed by atoms with Crippen molar-refractivity contribution in [3.05, 3.63) is 54.1 Å². The Hall–Kier alpha value is -2.95. The van der Waals surface area contributed by atoms with Crippen LogP contribution < -0.4 is 0 Å². The summed E-state index contributed by atoms with van der Waals surface area (Å²) in [6.07, 6.45) is 2.29. The quantitative estimate of drug-likeness (QED) is 0.757. The lowest BCUT2D eigenvalue weighted by Crippen LogP contribution is -2.62. The second kappa shape index (κ2) is 5.78. The lowest BCUT2D eigenvalue weighted by Gasteiger charge is -2.59. The first-order chi connectivity index (χ1) is 13.0. The van der Waals surface area contributed by atoms with Gasteiger partial charge in [-0.15, -0.1) is 10.2 Å².